The number of halogens is 4. The van der Waals surface area contributed by atoms with Gasteiger partial charge in [-0.2, -0.15) is 18.3 Å². The quantitative estimate of drug-likeness (QED) is 0.939. The molecule has 2 aromatic rings. The summed E-state index contributed by atoms with van der Waals surface area (Å²) < 4.78 is 38.7. The second-order valence-electron chi connectivity index (χ2n) is 4.81. The molecule has 0 aliphatic rings. The monoisotopic (exact) mass is 318 g/mol. The van der Waals surface area contributed by atoms with E-state index in [9.17, 15) is 13.2 Å². The molecule has 0 atom stereocenters. The predicted octanol–water partition coefficient (Wildman–Crippen LogP) is 3.44. The van der Waals surface area contributed by atoms with Crippen molar-refractivity contribution >= 4 is 11.6 Å². The highest BCUT2D eigenvalue weighted by atomic mass is 35.5. The van der Waals surface area contributed by atoms with Gasteiger partial charge in [-0.1, -0.05) is 25.4 Å². The number of hydrogen-bond donors (Lipinski definition) is 1. The summed E-state index contributed by atoms with van der Waals surface area (Å²) in [6.07, 6.45) is -1.85. The van der Waals surface area contributed by atoms with Crippen molar-refractivity contribution < 1.29 is 13.2 Å². The van der Waals surface area contributed by atoms with Crippen molar-refractivity contribution in [1.29, 1.82) is 0 Å². The van der Waals surface area contributed by atoms with E-state index in [1.54, 1.807) is 6.07 Å². The zero-order chi connectivity index (χ0) is 15.6. The smallest absolute Gasteiger partial charge is 0.310 e. The Labute approximate surface area is 124 Å². The number of hydrogen-bond acceptors (Lipinski definition) is 3. The fourth-order valence-electron chi connectivity index (χ4n) is 1.65. The first-order chi connectivity index (χ1) is 9.77. The van der Waals surface area contributed by atoms with Crippen molar-refractivity contribution in [2.75, 3.05) is 0 Å². The van der Waals surface area contributed by atoms with Crippen molar-refractivity contribution in [3.8, 4) is 5.82 Å². The van der Waals surface area contributed by atoms with Crippen LogP contribution in [0.1, 0.15) is 25.1 Å². The lowest BCUT2D eigenvalue weighted by Crippen LogP contribution is -2.22. The first-order valence-corrected chi connectivity index (χ1v) is 6.66. The van der Waals surface area contributed by atoms with Gasteiger partial charge in [-0.05, 0) is 17.7 Å². The van der Waals surface area contributed by atoms with Crippen LogP contribution in [0.2, 0.25) is 5.02 Å². The van der Waals surface area contributed by atoms with Crippen molar-refractivity contribution in [1.82, 2.24) is 20.1 Å². The minimum absolute atomic E-state index is 0.263. The average molecular weight is 319 g/mol. The van der Waals surface area contributed by atoms with Gasteiger partial charge in [-0.15, -0.1) is 0 Å². The Balaban J connectivity index is 2.28. The normalized spacial score (nSPS) is 12.1. The minimum atomic E-state index is -4.47. The van der Waals surface area contributed by atoms with Gasteiger partial charge in [0.1, 0.15) is 0 Å². The Morgan fingerprint density at radius 2 is 2.10 bits per heavy atom. The SMILES string of the molecule is CC(C)NCc1cc(-n2ccc(C(F)(F)F)n2)ncc1Cl. The molecule has 0 amide bonds. The molecule has 2 heterocycles. The van der Waals surface area contributed by atoms with Crippen LogP contribution < -0.4 is 5.32 Å². The molecule has 8 heteroatoms. The Morgan fingerprint density at radius 1 is 1.38 bits per heavy atom. The Bertz CT molecular complexity index is 622. The van der Waals surface area contributed by atoms with Gasteiger partial charge < -0.3 is 5.32 Å². The van der Waals surface area contributed by atoms with Crippen LogP contribution in [0, 0.1) is 0 Å². The number of alkyl halides is 3. The lowest BCUT2D eigenvalue weighted by atomic mass is 10.2. The first kappa shape index (κ1) is 15.8. The summed E-state index contributed by atoms with van der Waals surface area (Å²) in [7, 11) is 0. The van der Waals surface area contributed by atoms with Gasteiger partial charge >= 0.3 is 6.18 Å². The Kier molecular flexibility index (Phi) is 4.53. The lowest BCUT2D eigenvalue weighted by Gasteiger charge is -2.10. The standard InChI is InChI=1S/C13H14ClF3N4/c1-8(2)18-6-9-5-12(19-7-10(9)14)21-4-3-11(20-21)13(15,16)17/h3-5,7-8,18H,6H2,1-2H3. The maximum Gasteiger partial charge on any atom is 0.435 e. The molecule has 0 unspecified atom stereocenters. The summed E-state index contributed by atoms with van der Waals surface area (Å²) >= 11 is 6.03. The number of aromatic nitrogens is 3. The number of rotatable bonds is 4. The highest BCUT2D eigenvalue weighted by Gasteiger charge is 2.33. The topological polar surface area (TPSA) is 42.7 Å². The van der Waals surface area contributed by atoms with E-state index < -0.39 is 11.9 Å². The molecule has 4 nitrogen and oxygen atoms in total. The molecule has 0 aromatic carbocycles. The number of nitrogens with one attached hydrogen (secondary N) is 1. The van der Waals surface area contributed by atoms with Crippen molar-refractivity contribution in [2.24, 2.45) is 0 Å². The molecule has 0 saturated heterocycles. The van der Waals surface area contributed by atoms with Crippen LogP contribution in [-0.4, -0.2) is 20.8 Å². The van der Waals surface area contributed by atoms with Crippen LogP contribution in [0.5, 0.6) is 0 Å². The van der Waals surface area contributed by atoms with Crippen molar-refractivity contribution in [2.45, 2.75) is 32.6 Å². The maximum absolute atomic E-state index is 12.5. The Hall–Kier alpha value is -1.60. The zero-order valence-corrected chi connectivity index (χ0v) is 12.2. The minimum Gasteiger partial charge on any atom is -0.310 e. The van der Waals surface area contributed by atoms with E-state index >= 15 is 0 Å². The molecule has 2 rings (SSSR count). The van der Waals surface area contributed by atoms with E-state index in [1.165, 1.54) is 12.4 Å². The first-order valence-electron chi connectivity index (χ1n) is 6.28. The maximum atomic E-state index is 12.5. The average Bonchev–Trinajstić information content (AvgIpc) is 2.87. The molecule has 0 saturated carbocycles. The van der Waals surface area contributed by atoms with E-state index in [2.05, 4.69) is 15.4 Å². The van der Waals surface area contributed by atoms with Gasteiger partial charge in [0.05, 0.1) is 5.02 Å². The molecule has 21 heavy (non-hydrogen) atoms. The highest BCUT2D eigenvalue weighted by Crippen LogP contribution is 2.28. The second-order valence-corrected chi connectivity index (χ2v) is 5.22. The van der Waals surface area contributed by atoms with Gasteiger partial charge in [0.15, 0.2) is 11.5 Å². The molecular weight excluding hydrogens is 305 g/mol. The van der Waals surface area contributed by atoms with Crippen LogP contribution >= 0.6 is 11.6 Å². The lowest BCUT2D eigenvalue weighted by molar-refractivity contribution is -0.141. The van der Waals surface area contributed by atoms with Crippen LogP contribution in [-0.2, 0) is 12.7 Å². The van der Waals surface area contributed by atoms with Gasteiger partial charge in [0.25, 0.3) is 0 Å². The summed E-state index contributed by atoms with van der Waals surface area (Å²) in [5.74, 6) is 0.287. The predicted molar refractivity (Wildman–Crippen MR) is 73.3 cm³/mol. The van der Waals surface area contributed by atoms with Gasteiger partial charge in [-0.25, -0.2) is 9.67 Å². The van der Waals surface area contributed by atoms with Crippen LogP contribution in [0.15, 0.2) is 24.5 Å². The molecule has 1 N–H and O–H groups in total. The van der Waals surface area contributed by atoms with Crippen LogP contribution in [0.25, 0.3) is 5.82 Å². The van der Waals surface area contributed by atoms with Gasteiger partial charge in [0.2, 0.25) is 0 Å². The third kappa shape index (κ3) is 3.95. The third-order valence-electron chi connectivity index (χ3n) is 2.74. The van der Waals surface area contributed by atoms with Crippen molar-refractivity contribution in [3.05, 3.63) is 40.8 Å². The van der Waals surface area contributed by atoms with Gasteiger partial charge in [-0.3, -0.25) is 0 Å². The molecule has 0 spiro atoms. The van der Waals surface area contributed by atoms with E-state index in [4.69, 9.17) is 11.6 Å². The summed E-state index contributed by atoms with van der Waals surface area (Å²) in [5, 5.41) is 7.13. The third-order valence-corrected chi connectivity index (χ3v) is 3.08. The van der Waals surface area contributed by atoms with E-state index in [0.717, 1.165) is 16.3 Å². The second kappa shape index (κ2) is 6.03. The molecule has 0 fully saturated rings. The molecular formula is C13H14ClF3N4. The van der Waals surface area contributed by atoms with E-state index in [-0.39, 0.29) is 11.9 Å². The summed E-state index contributed by atoms with van der Waals surface area (Å²) in [5.41, 5.74) is -0.208. The van der Waals surface area contributed by atoms with Crippen molar-refractivity contribution in [3.63, 3.8) is 0 Å². The summed E-state index contributed by atoms with van der Waals surface area (Å²) in [6.45, 7) is 4.47. The summed E-state index contributed by atoms with van der Waals surface area (Å²) in [4.78, 5) is 4.01. The fraction of sp³-hybridized carbons (Fsp3) is 0.385. The van der Waals surface area contributed by atoms with E-state index in [1.807, 2.05) is 13.8 Å². The van der Waals surface area contributed by atoms with Gasteiger partial charge in [0, 0.05) is 25.0 Å². The number of pyridine rings is 1. The van der Waals surface area contributed by atoms with Crippen LogP contribution in [0.3, 0.4) is 0 Å². The zero-order valence-electron chi connectivity index (χ0n) is 11.4. The Morgan fingerprint density at radius 3 is 2.67 bits per heavy atom. The van der Waals surface area contributed by atoms with Crippen LogP contribution in [0.4, 0.5) is 13.2 Å². The highest BCUT2D eigenvalue weighted by molar-refractivity contribution is 6.31. The number of nitrogens with zero attached hydrogens (tertiary/aromatic N) is 3. The summed E-state index contributed by atoms with van der Waals surface area (Å²) in [6, 6.07) is 2.78. The molecule has 114 valence electrons. The largest absolute Gasteiger partial charge is 0.435 e. The molecule has 2 aromatic heterocycles. The molecule has 0 radical (unpaired) electrons. The molecule has 0 aliphatic heterocycles. The molecule has 0 bridgehead atoms. The molecule has 0 aliphatic carbocycles. The van der Waals surface area contributed by atoms with E-state index in [0.29, 0.717) is 11.6 Å². The fourth-order valence-corrected chi connectivity index (χ4v) is 1.82.